The Morgan fingerprint density at radius 2 is 1.84 bits per heavy atom. The quantitative estimate of drug-likeness (QED) is 0.656. The minimum absolute atomic E-state index is 0.439. The summed E-state index contributed by atoms with van der Waals surface area (Å²) in [6.07, 6.45) is -4.71. The molecule has 0 fully saturated rings. The summed E-state index contributed by atoms with van der Waals surface area (Å²) in [5, 5.41) is 11.1. The number of halogens is 3. The summed E-state index contributed by atoms with van der Waals surface area (Å²) in [4.78, 5) is 22.0. The fourth-order valence-corrected chi connectivity index (χ4v) is 2.85. The molecule has 1 amide bonds. The number of nitrogens with one attached hydrogen (secondary N) is 2. The van der Waals surface area contributed by atoms with E-state index in [9.17, 15) is 31.2 Å². The molecule has 1 aromatic rings. The van der Waals surface area contributed by atoms with Crippen molar-refractivity contribution in [3.63, 3.8) is 0 Å². The van der Waals surface area contributed by atoms with Gasteiger partial charge in [0.2, 0.25) is 15.9 Å². The van der Waals surface area contributed by atoms with Crippen molar-refractivity contribution in [2.45, 2.75) is 31.0 Å². The number of hydrogen-bond acceptors (Lipinski definition) is 4. The highest BCUT2D eigenvalue weighted by Crippen LogP contribution is 2.30. The molecular weight excluding hydrogens is 365 g/mol. The van der Waals surface area contributed by atoms with Gasteiger partial charge in [-0.2, -0.15) is 13.2 Å². The van der Waals surface area contributed by atoms with Gasteiger partial charge in [0, 0.05) is 0 Å². The van der Waals surface area contributed by atoms with E-state index < -0.39 is 57.0 Å². The van der Waals surface area contributed by atoms with Crippen molar-refractivity contribution in [2.24, 2.45) is 5.92 Å². The zero-order valence-corrected chi connectivity index (χ0v) is 14.1. The third-order valence-corrected chi connectivity index (χ3v) is 4.54. The molecule has 3 N–H and O–H groups in total. The summed E-state index contributed by atoms with van der Waals surface area (Å²) in [6, 6.07) is 1.81. The molecular formula is C14H17F3N2O5S. The molecule has 11 heteroatoms. The molecule has 0 spiro atoms. The summed E-state index contributed by atoms with van der Waals surface area (Å²) >= 11 is 0. The monoisotopic (exact) mass is 382 g/mol. The minimum Gasteiger partial charge on any atom is -0.480 e. The standard InChI is InChI=1S/C14H17F3N2O5S/c1-8(2)12(13(21)22)19-11(20)7-18-25(23,24)10-5-3-4-9(6-10)14(15,16)17/h3-6,8,12,18H,7H2,1-2H3,(H,19,20)(H,21,22). The van der Waals surface area contributed by atoms with E-state index in [4.69, 9.17) is 5.11 Å². The second-order valence-electron chi connectivity index (χ2n) is 5.48. The number of aliphatic carboxylic acids is 1. The first-order valence-corrected chi connectivity index (χ1v) is 8.52. The number of amides is 1. The predicted molar refractivity (Wildman–Crippen MR) is 81.0 cm³/mol. The van der Waals surface area contributed by atoms with Crippen LogP contribution in [-0.4, -0.2) is 38.0 Å². The highest BCUT2D eigenvalue weighted by atomic mass is 32.2. The number of carbonyl (C=O) groups excluding carboxylic acids is 1. The molecule has 1 rings (SSSR count). The van der Waals surface area contributed by atoms with Gasteiger partial charge >= 0.3 is 12.1 Å². The zero-order chi connectivity index (χ0) is 19.4. The fraction of sp³-hybridized carbons (Fsp3) is 0.429. The molecule has 1 atom stereocenters. The average Bonchev–Trinajstić information content (AvgIpc) is 2.49. The number of carboxylic acid groups (broad SMARTS) is 1. The van der Waals surface area contributed by atoms with Gasteiger partial charge in [-0.1, -0.05) is 19.9 Å². The first kappa shape index (κ1) is 20.9. The Morgan fingerprint density at radius 3 is 2.32 bits per heavy atom. The first-order chi connectivity index (χ1) is 11.3. The molecule has 25 heavy (non-hydrogen) atoms. The van der Waals surface area contributed by atoms with Gasteiger partial charge in [-0.05, 0) is 24.1 Å². The van der Waals surface area contributed by atoms with Crippen LogP contribution in [0.5, 0.6) is 0 Å². The number of alkyl halides is 3. The van der Waals surface area contributed by atoms with Crippen molar-refractivity contribution in [2.75, 3.05) is 6.54 Å². The van der Waals surface area contributed by atoms with Crippen molar-refractivity contribution in [3.8, 4) is 0 Å². The second kappa shape index (κ2) is 7.83. The maximum atomic E-state index is 12.6. The highest BCUT2D eigenvalue weighted by molar-refractivity contribution is 7.89. The Kier molecular flexibility index (Phi) is 6.54. The van der Waals surface area contributed by atoms with Crippen LogP contribution in [0, 0.1) is 5.92 Å². The molecule has 7 nitrogen and oxygen atoms in total. The predicted octanol–water partition coefficient (Wildman–Crippen LogP) is 1.21. The van der Waals surface area contributed by atoms with Gasteiger partial charge in [0.25, 0.3) is 0 Å². The van der Waals surface area contributed by atoms with E-state index in [1.807, 2.05) is 4.72 Å². The minimum atomic E-state index is -4.71. The van der Waals surface area contributed by atoms with Gasteiger partial charge in [-0.25, -0.2) is 17.9 Å². The van der Waals surface area contributed by atoms with Crippen LogP contribution in [0.15, 0.2) is 29.2 Å². The third-order valence-electron chi connectivity index (χ3n) is 3.14. The normalized spacial score (nSPS) is 13.5. The maximum absolute atomic E-state index is 12.6. The van der Waals surface area contributed by atoms with E-state index >= 15 is 0 Å². The highest BCUT2D eigenvalue weighted by Gasteiger charge is 2.32. The molecule has 1 aromatic carbocycles. The van der Waals surface area contributed by atoms with Crippen LogP contribution < -0.4 is 10.0 Å². The lowest BCUT2D eigenvalue weighted by Crippen LogP contribution is -2.48. The lowest BCUT2D eigenvalue weighted by Gasteiger charge is -2.18. The van der Waals surface area contributed by atoms with Crippen LogP contribution in [0.25, 0.3) is 0 Å². The van der Waals surface area contributed by atoms with Crippen molar-refractivity contribution in [1.82, 2.24) is 10.0 Å². The Bertz CT molecular complexity index is 747. The van der Waals surface area contributed by atoms with Crippen LogP contribution in [0.2, 0.25) is 0 Å². The fourth-order valence-electron chi connectivity index (χ4n) is 1.82. The van der Waals surface area contributed by atoms with E-state index in [0.717, 1.165) is 12.1 Å². The lowest BCUT2D eigenvalue weighted by molar-refractivity contribution is -0.143. The van der Waals surface area contributed by atoms with Gasteiger partial charge in [0.05, 0.1) is 17.0 Å². The topological polar surface area (TPSA) is 113 Å². The van der Waals surface area contributed by atoms with Crippen LogP contribution >= 0.6 is 0 Å². The smallest absolute Gasteiger partial charge is 0.416 e. The summed E-state index contributed by atoms with van der Waals surface area (Å²) in [5.41, 5.74) is -1.15. The molecule has 0 aromatic heterocycles. The van der Waals surface area contributed by atoms with E-state index in [-0.39, 0.29) is 0 Å². The molecule has 0 aliphatic heterocycles. The molecule has 0 bridgehead atoms. The van der Waals surface area contributed by atoms with E-state index in [1.165, 1.54) is 0 Å². The molecule has 1 unspecified atom stereocenters. The molecule has 0 heterocycles. The van der Waals surface area contributed by atoms with Crippen LogP contribution in [0.3, 0.4) is 0 Å². The van der Waals surface area contributed by atoms with Gasteiger partial charge in [-0.3, -0.25) is 4.79 Å². The first-order valence-electron chi connectivity index (χ1n) is 7.03. The zero-order valence-electron chi connectivity index (χ0n) is 13.3. The van der Waals surface area contributed by atoms with Gasteiger partial charge in [0.15, 0.2) is 0 Å². The molecule has 0 saturated carbocycles. The van der Waals surface area contributed by atoms with Crippen molar-refractivity contribution in [3.05, 3.63) is 29.8 Å². The summed E-state index contributed by atoms with van der Waals surface area (Å²) in [5.74, 6) is -2.65. The molecule has 0 aliphatic rings. The number of carboxylic acids is 1. The van der Waals surface area contributed by atoms with Crippen molar-refractivity contribution < 1.29 is 36.3 Å². The van der Waals surface area contributed by atoms with Crippen molar-refractivity contribution in [1.29, 1.82) is 0 Å². The van der Waals surface area contributed by atoms with Gasteiger partial charge in [-0.15, -0.1) is 0 Å². The largest absolute Gasteiger partial charge is 0.480 e. The van der Waals surface area contributed by atoms with Gasteiger partial charge < -0.3 is 10.4 Å². The Labute approximate surface area is 142 Å². The third kappa shape index (κ3) is 6.02. The summed E-state index contributed by atoms with van der Waals surface area (Å²) in [6.45, 7) is 2.28. The number of benzene rings is 1. The second-order valence-corrected chi connectivity index (χ2v) is 7.24. The van der Waals surface area contributed by atoms with E-state index in [1.54, 1.807) is 13.8 Å². The maximum Gasteiger partial charge on any atom is 0.416 e. The van der Waals surface area contributed by atoms with E-state index in [2.05, 4.69) is 5.32 Å². The molecule has 0 aliphatic carbocycles. The number of sulfonamides is 1. The number of rotatable bonds is 7. The number of hydrogen-bond donors (Lipinski definition) is 3. The van der Waals surface area contributed by atoms with Crippen molar-refractivity contribution >= 4 is 21.9 Å². The SMILES string of the molecule is CC(C)C(NC(=O)CNS(=O)(=O)c1cccc(C(F)(F)F)c1)C(=O)O. The Hall–Kier alpha value is -2.14. The van der Waals surface area contributed by atoms with E-state index in [0.29, 0.717) is 12.1 Å². The summed E-state index contributed by atoms with van der Waals surface area (Å²) < 4.78 is 63.7. The average molecular weight is 382 g/mol. The lowest BCUT2D eigenvalue weighted by atomic mass is 10.1. The van der Waals surface area contributed by atoms with Crippen LogP contribution in [0.1, 0.15) is 19.4 Å². The van der Waals surface area contributed by atoms with Gasteiger partial charge in [0.1, 0.15) is 6.04 Å². The Morgan fingerprint density at radius 1 is 1.24 bits per heavy atom. The van der Waals surface area contributed by atoms with Crippen LogP contribution in [-0.2, 0) is 25.8 Å². The Balaban J connectivity index is 2.82. The summed E-state index contributed by atoms with van der Waals surface area (Å²) in [7, 11) is -4.37. The van der Waals surface area contributed by atoms with Crippen LogP contribution in [0.4, 0.5) is 13.2 Å². The number of carbonyl (C=O) groups is 2. The molecule has 0 saturated heterocycles. The molecule has 140 valence electrons. The molecule has 0 radical (unpaired) electrons.